The van der Waals surface area contributed by atoms with Gasteiger partial charge in [-0.15, -0.1) is 12.4 Å². The molecule has 1 aromatic heterocycles. The van der Waals surface area contributed by atoms with E-state index >= 15 is 0 Å². The highest BCUT2D eigenvalue weighted by Crippen LogP contribution is 2.21. The molecule has 8 heteroatoms. The van der Waals surface area contributed by atoms with Crippen molar-refractivity contribution >= 4 is 52.6 Å². The van der Waals surface area contributed by atoms with E-state index in [4.69, 9.17) is 0 Å². The van der Waals surface area contributed by atoms with E-state index in [2.05, 4.69) is 16.0 Å². The number of amides is 2. The van der Waals surface area contributed by atoms with Crippen LogP contribution < -0.4 is 16.0 Å². The Morgan fingerprint density at radius 2 is 2.16 bits per heavy atom. The molecule has 1 aromatic carbocycles. The number of fused-ring (bicyclic) bond motifs is 1. The predicted octanol–water partition coefficient (Wildman–Crippen LogP) is 1.84. The van der Waals surface area contributed by atoms with E-state index in [-0.39, 0.29) is 36.8 Å². The molecular formula is C17H23ClN4O2S. The summed E-state index contributed by atoms with van der Waals surface area (Å²) < 4.78 is 1.88. The van der Waals surface area contributed by atoms with Crippen LogP contribution in [0.3, 0.4) is 0 Å². The SMILES string of the molecule is CNC(=O)Cn1ccc2ccc(NC(=O)CC3CSCCN3)cc21.Cl. The largest absolute Gasteiger partial charge is 0.358 e. The van der Waals surface area contributed by atoms with Gasteiger partial charge in [0.05, 0.1) is 5.52 Å². The van der Waals surface area contributed by atoms with Crippen molar-refractivity contribution in [2.24, 2.45) is 0 Å². The summed E-state index contributed by atoms with van der Waals surface area (Å²) in [6.45, 7) is 1.22. The Kier molecular flexibility index (Phi) is 7.16. The van der Waals surface area contributed by atoms with Gasteiger partial charge in [0.15, 0.2) is 0 Å². The Bertz CT molecular complexity index is 743. The Labute approximate surface area is 157 Å². The third kappa shape index (κ3) is 5.14. The fourth-order valence-corrected chi connectivity index (χ4v) is 3.77. The zero-order valence-corrected chi connectivity index (χ0v) is 15.7. The first-order valence-corrected chi connectivity index (χ1v) is 9.21. The second-order valence-electron chi connectivity index (χ2n) is 5.87. The molecule has 25 heavy (non-hydrogen) atoms. The van der Waals surface area contributed by atoms with Crippen LogP contribution in [0.2, 0.25) is 0 Å². The van der Waals surface area contributed by atoms with Crippen LogP contribution in [0.25, 0.3) is 10.9 Å². The summed E-state index contributed by atoms with van der Waals surface area (Å²) in [7, 11) is 1.62. The van der Waals surface area contributed by atoms with E-state index in [9.17, 15) is 9.59 Å². The predicted molar refractivity (Wildman–Crippen MR) is 106 cm³/mol. The van der Waals surface area contributed by atoms with Crippen LogP contribution in [0.1, 0.15) is 6.42 Å². The van der Waals surface area contributed by atoms with E-state index < -0.39 is 0 Å². The Morgan fingerprint density at radius 3 is 2.88 bits per heavy atom. The zero-order chi connectivity index (χ0) is 16.9. The van der Waals surface area contributed by atoms with E-state index in [1.54, 1.807) is 7.05 Å². The van der Waals surface area contributed by atoms with Gasteiger partial charge in [0.1, 0.15) is 6.54 Å². The number of hydrogen-bond donors (Lipinski definition) is 3. The number of halogens is 1. The summed E-state index contributed by atoms with van der Waals surface area (Å²) in [5.41, 5.74) is 1.69. The van der Waals surface area contributed by atoms with Crippen LogP contribution in [-0.2, 0) is 16.1 Å². The van der Waals surface area contributed by atoms with Crippen molar-refractivity contribution in [2.75, 3.05) is 30.4 Å². The number of carbonyl (C=O) groups excluding carboxylic acids is 2. The summed E-state index contributed by atoms with van der Waals surface area (Å²) in [5, 5.41) is 10.00. The molecule has 3 N–H and O–H groups in total. The van der Waals surface area contributed by atoms with Crippen molar-refractivity contribution in [3.63, 3.8) is 0 Å². The van der Waals surface area contributed by atoms with Gasteiger partial charge in [-0.3, -0.25) is 9.59 Å². The lowest BCUT2D eigenvalue weighted by molar-refractivity contribution is -0.121. The van der Waals surface area contributed by atoms with Gasteiger partial charge >= 0.3 is 0 Å². The molecule has 0 spiro atoms. The number of thioether (sulfide) groups is 1. The third-order valence-electron chi connectivity index (χ3n) is 4.08. The Hall–Kier alpha value is -1.70. The molecule has 6 nitrogen and oxygen atoms in total. The normalized spacial score (nSPS) is 16.9. The van der Waals surface area contributed by atoms with Crippen LogP contribution in [0, 0.1) is 0 Å². The topological polar surface area (TPSA) is 75.2 Å². The maximum Gasteiger partial charge on any atom is 0.239 e. The molecule has 1 saturated heterocycles. The maximum atomic E-state index is 12.2. The number of nitrogens with zero attached hydrogens (tertiary/aromatic N) is 1. The average Bonchev–Trinajstić information content (AvgIpc) is 2.98. The van der Waals surface area contributed by atoms with Crippen molar-refractivity contribution in [1.82, 2.24) is 15.2 Å². The molecule has 3 rings (SSSR count). The average molecular weight is 383 g/mol. The standard InChI is InChI=1S/C17H22N4O2S.ClH/c1-18-17(23)10-21-6-4-12-2-3-13(8-15(12)21)20-16(22)9-14-11-24-7-5-19-14;/h2-4,6,8,14,19H,5,7,9-11H2,1H3,(H,18,23)(H,20,22);1H. The highest BCUT2D eigenvalue weighted by Gasteiger charge is 2.17. The van der Waals surface area contributed by atoms with Crippen molar-refractivity contribution in [1.29, 1.82) is 0 Å². The maximum absolute atomic E-state index is 12.2. The summed E-state index contributed by atoms with van der Waals surface area (Å²) in [4.78, 5) is 23.8. The number of rotatable bonds is 5. The van der Waals surface area contributed by atoms with Gasteiger partial charge in [0, 0.05) is 49.4 Å². The molecule has 0 radical (unpaired) electrons. The van der Waals surface area contributed by atoms with Gasteiger partial charge < -0.3 is 20.5 Å². The molecule has 1 aliphatic heterocycles. The third-order valence-corrected chi connectivity index (χ3v) is 5.21. The monoisotopic (exact) mass is 382 g/mol. The summed E-state index contributed by atoms with van der Waals surface area (Å²) in [5.74, 6) is 2.04. The first kappa shape index (κ1) is 19.6. The number of aromatic nitrogens is 1. The first-order valence-electron chi connectivity index (χ1n) is 8.06. The van der Waals surface area contributed by atoms with Gasteiger partial charge in [0.25, 0.3) is 0 Å². The van der Waals surface area contributed by atoms with Crippen molar-refractivity contribution in [2.45, 2.75) is 19.0 Å². The quantitative estimate of drug-likeness (QED) is 0.737. The molecule has 1 atom stereocenters. The van der Waals surface area contributed by atoms with E-state index in [1.807, 2.05) is 46.8 Å². The zero-order valence-electron chi connectivity index (χ0n) is 14.1. The fourth-order valence-electron chi connectivity index (χ4n) is 2.82. The van der Waals surface area contributed by atoms with E-state index in [0.717, 1.165) is 34.6 Å². The second-order valence-corrected chi connectivity index (χ2v) is 7.02. The molecule has 1 unspecified atom stereocenters. The van der Waals surface area contributed by atoms with Crippen LogP contribution in [-0.4, -0.2) is 47.5 Å². The molecule has 0 saturated carbocycles. The Balaban J connectivity index is 0.00000225. The highest BCUT2D eigenvalue weighted by atomic mass is 35.5. The molecular weight excluding hydrogens is 360 g/mol. The summed E-state index contributed by atoms with van der Waals surface area (Å²) >= 11 is 1.88. The Morgan fingerprint density at radius 1 is 1.32 bits per heavy atom. The minimum absolute atomic E-state index is 0. The number of carbonyl (C=O) groups is 2. The number of nitrogens with one attached hydrogen (secondary N) is 3. The van der Waals surface area contributed by atoms with Gasteiger partial charge in [-0.05, 0) is 23.6 Å². The second kappa shape index (κ2) is 9.12. The molecule has 1 aliphatic rings. The minimum Gasteiger partial charge on any atom is -0.358 e. The fraction of sp³-hybridized carbons (Fsp3) is 0.412. The van der Waals surface area contributed by atoms with Crippen molar-refractivity contribution in [3.05, 3.63) is 30.5 Å². The molecule has 2 amide bonds. The van der Waals surface area contributed by atoms with Crippen LogP contribution >= 0.6 is 24.2 Å². The molecule has 0 aliphatic carbocycles. The first-order chi connectivity index (χ1) is 11.7. The minimum atomic E-state index is -0.0530. The lowest BCUT2D eigenvalue weighted by atomic mass is 10.2. The van der Waals surface area contributed by atoms with Gasteiger partial charge in [-0.2, -0.15) is 11.8 Å². The number of likely N-dealkylation sites (N-methyl/N-ethyl adjacent to an activating group) is 1. The summed E-state index contributed by atoms with van der Waals surface area (Å²) in [6.07, 6.45) is 2.36. The molecule has 2 aromatic rings. The van der Waals surface area contributed by atoms with Crippen LogP contribution in [0.5, 0.6) is 0 Å². The molecule has 2 heterocycles. The van der Waals surface area contributed by atoms with E-state index in [1.165, 1.54) is 0 Å². The number of anilines is 1. The summed E-state index contributed by atoms with van der Waals surface area (Å²) in [6, 6.07) is 7.98. The molecule has 1 fully saturated rings. The van der Waals surface area contributed by atoms with Gasteiger partial charge in [-0.1, -0.05) is 6.07 Å². The molecule has 0 bridgehead atoms. The lowest BCUT2D eigenvalue weighted by Gasteiger charge is -2.22. The highest BCUT2D eigenvalue weighted by molar-refractivity contribution is 7.99. The van der Waals surface area contributed by atoms with Crippen molar-refractivity contribution < 1.29 is 9.59 Å². The van der Waals surface area contributed by atoms with Crippen molar-refractivity contribution in [3.8, 4) is 0 Å². The van der Waals surface area contributed by atoms with Gasteiger partial charge in [0.2, 0.25) is 11.8 Å². The van der Waals surface area contributed by atoms with Crippen LogP contribution in [0.15, 0.2) is 30.5 Å². The van der Waals surface area contributed by atoms with Crippen LogP contribution in [0.4, 0.5) is 5.69 Å². The smallest absolute Gasteiger partial charge is 0.239 e. The van der Waals surface area contributed by atoms with Gasteiger partial charge in [-0.25, -0.2) is 0 Å². The molecule has 136 valence electrons. The lowest BCUT2D eigenvalue weighted by Crippen LogP contribution is -2.39. The van der Waals surface area contributed by atoms with E-state index in [0.29, 0.717) is 6.42 Å². The number of benzene rings is 1. The number of hydrogen-bond acceptors (Lipinski definition) is 4.